The number of rotatable bonds is 9. The highest BCUT2D eigenvalue weighted by Crippen LogP contribution is 2.30. The normalized spacial score (nSPS) is 18.8. The van der Waals surface area contributed by atoms with Gasteiger partial charge in [-0.2, -0.15) is 4.31 Å². The van der Waals surface area contributed by atoms with Crippen LogP contribution in [-0.2, 0) is 24.3 Å². The van der Waals surface area contributed by atoms with Crippen LogP contribution in [-0.4, -0.2) is 98.8 Å². The summed E-state index contributed by atoms with van der Waals surface area (Å²) in [4.78, 5) is 43.0. The molecular weight excluding hydrogens is 647 g/mol. The van der Waals surface area contributed by atoms with Crippen LogP contribution in [0.25, 0.3) is 10.1 Å². The first-order valence-electron chi connectivity index (χ1n) is 14.4. The molecule has 2 aliphatic heterocycles. The Hall–Kier alpha value is -2.74. The molecule has 0 radical (unpaired) electrons. The number of piperazine rings is 1. The highest BCUT2D eigenvalue weighted by molar-refractivity contribution is 7.89. The topological polar surface area (TPSA) is 116 Å². The standard InChI is InChI=1S/C30H34Cl2N4O6S2/c1-20(8-9-33-29(38)26-17-21-4-2-3-5-25(21)43-26)16-28(37)34-10-12-35(13-11-34)30(39)24-19-42-15-14-36(24)44(40,41)27-7-6-22(31)18-23(27)32/h2-7,17-18,20,24H,8-16,19H2,1H3,(H,33,38). The summed E-state index contributed by atoms with van der Waals surface area (Å²) < 4.78 is 34.7. The van der Waals surface area contributed by atoms with E-state index in [4.69, 9.17) is 27.9 Å². The molecule has 0 spiro atoms. The van der Waals surface area contributed by atoms with Gasteiger partial charge in [0.05, 0.1) is 23.1 Å². The number of ether oxygens (including phenoxy) is 1. The van der Waals surface area contributed by atoms with E-state index in [1.165, 1.54) is 29.5 Å². The maximum absolute atomic E-state index is 13.5. The van der Waals surface area contributed by atoms with E-state index in [0.717, 1.165) is 14.4 Å². The number of thiophene rings is 1. The molecule has 0 bridgehead atoms. The second kappa shape index (κ2) is 14.1. The summed E-state index contributed by atoms with van der Waals surface area (Å²) in [5.41, 5.74) is 0. The molecule has 2 aliphatic rings. The molecule has 1 aromatic heterocycles. The Labute approximate surface area is 270 Å². The van der Waals surface area contributed by atoms with Crippen LogP contribution in [0.4, 0.5) is 0 Å². The van der Waals surface area contributed by atoms with Gasteiger partial charge in [-0.25, -0.2) is 8.42 Å². The smallest absolute Gasteiger partial charge is 0.261 e. The molecule has 2 atom stereocenters. The zero-order valence-electron chi connectivity index (χ0n) is 24.2. The number of nitrogens with zero attached hydrogens (tertiary/aromatic N) is 3. The van der Waals surface area contributed by atoms with Gasteiger partial charge in [0.25, 0.3) is 5.91 Å². The molecule has 0 aliphatic carbocycles. The van der Waals surface area contributed by atoms with E-state index < -0.39 is 16.1 Å². The van der Waals surface area contributed by atoms with Crippen molar-refractivity contribution in [2.75, 3.05) is 52.5 Å². The van der Waals surface area contributed by atoms with Crippen molar-refractivity contribution >= 4 is 72.4 Å². The summed E-state index contributed by atoms with van der Waals surface area (Å²) in [7, 11) is -4.09. The van der Waals surface area contributed by atoms with Gasteiger partial charge >= 0.3 is 0 Å². The predicted octanol–water partition coefficient (Wildman–Crippen LogP) is 4.11. The lowest BCUT2D eigenvalue weighted by Crippen LogP contribution is -2.60. The fraction of sp³-hybridized carbons (Fsp3) is 0.433. The fourth-order valence-corrected chi connectivity index (χ4v) is 8.69. The molecule has 236 valence electrons. The van der Waals surface area contributed by atoms with E-state index >= 15 is 0 Å². The van der Waals surface area contributed by atoms with E-state index in [1.807, 2.05) is 37.3 Å². The lowest BCUT2D eigenvalue weighted by Gasteiger charge is -2.40. The maximum atomic E-state index is 13.5. The molecule has 0 saturated carbocycles. The maximum Gasteiger partial charge on any atom is 0.261 e. The number of carbonyl (C=O) groups excluding carboxylic acids is 3. The Morgan fingerprint density at radius 3 is 2.48 bits per heavy atom. The molecule has 1 N–H and O–H groups in total. The van der Waals surface area contributed by atoms with E-state index in [1.54, 1.807) is 9.80 Å². The predicted molar refractivity (Wildman–Crippen MR) is 171 cm³/mol. The number of benzene rings is 2. The van der Waals surface area contributed by atoms with E-state index in [-0.39, 0.29) is 66.4 Å². The molecule has 2 aromatic carbocycles. The van der Waals surface area contributed by atoms with Crippen LogP contribution in [0.5, 0.6) is 0 Å². The van der Waals surface area contributed by atoms with Crippen molar-refractivity contribution in [1.29, 1.82) is 0 Å². The quantitative estimate of drug-likeness (QED) is 0.364. The first-order chi connectivity index (χ1) is 21.0. The number of carbonyl (C=O) groups is 3. The number of amides is 3. The zero-order chi connectivity index (χ0) is 31.4. The van der Waals surface area contributed by atoms with Gasteiger partial charge in [0, 0.05) is 55.4 Å². The van der Waals surface area contributed by atoms with Gasteiger partial charge in [-0.05, 0) is 48.1 Å². The molecular formula is C30H34Cl2N4O6S2. The van der Waals surface area contributed by atoms with Crippen molar-refractivity contribution in [2.24, 2.45) is 5.92 Å². The van der Waals surface area contributed by atoms with Crippen LogP contribution >= 0.6 is 34.5 Å². The first-order valence-corrected chi connectivity index (χ1v) is 17.4. The van der Waals surface area contributed by atoms with Gasteiger partial charge in [-0.1, -0.05) is 48.3 Å². The van der Waals surface area contributed by atoms with Crippen molar-refractivity contribution < 1.29 is 27.5 Å². The molecule has 44 heavy (non-hydrogen) atoms. The number of sulfonamides is 1. The summed E-state index contributed by atoms with van der Waals surface area (Å²) in [5, 5.41) is 4.28. The van der Waals surface area contributed by atoms with Gasteiger partial charge < -0.3 is 19.9 Å². The van der Waals surface area contributed by atoms with Crippen LogP contribution in [0, 0.1) is 5.92 Å². The first kappa shape index (κ1) is 32.6. The number of hydrogen-bond acceptors (Lipinski definition) is 7. The van der Waals surface area contributed by atoms with Crippen molar-refractivity contribution in [3.63, 3.8) is 0 Å². The summed E-state index contributed by atoms with van der Waals surface area (Å²) in [6.45, 7) is 3.82. The third kappa shape index (κ3) is 7.38. The average molecular weight is 682 g/mol. The van der Waals surface area contributed by atoms with E-state index in [2.05, 4.69) is 5.32 Å². The molecule has 2 fully saturated rings. The van der Waals surface area contributed by atoms with Crippen molar-refractivity contribution in [3.05, 3.63) is 63.5 Å². The Morgan fingerprint density at radius 2 is 1.75 bits per heavy atom. The van der Waals surface area contributed by atoms with Crippen molar-refractivity contribution in [2.45, 2.75) is 30.7 Å². The molecule has 3 aromatic rings. The number of halogens is 2. The fourth-order valence-electron chi connectivity index (χ4n) is 5.41. The van der Waals surface area contributed by atoms with Gasteiger partial charge in [0.1, 0.15) is 10.9 Å². The third-order valence-corrected chi connectivity index (χ3v) is 11.6. The number of fused-ring (bicyclic) bond motifs is 1. The highest BCUT2D eigenvalue weighted by atomic mass is 35.5. The third-order valence-electron chi connectivity index (χ3n) is 7.88. The Balaban J connectivity index is 1.09. The van der Waals surface area contributed by atoms with E-state index in [0.29, 0.717) is 42.4 Å². The Bertz CT molecular complexity index is 1610. The van der Waals surface area contributed by atoms with E-state index in [9.17, 15) is 22.8 Å². The molecule has 2 unspecified atom stereocenters. The lowest BCUT2D eigenvalue weighted by molar-refractivity contribution is -0.145. The molecule has 2 saturated heterocycles. The molecule has 3 heterocycles. The van der Waals surface area contributed by atoms with Gasteiger partial charge in [-0.15, -0.1) is 11.3 Å². The molecule has 10 nitrogen and oxygen atoms in total. The van der Waals surface area contributed by atoms with Crippen LogP contribution in [0.15, 0.2) is 53.4 Å². The van der Waals surface area contributed by atoms with Crippen LogP contribution in [0.3, 0.4) is 0 Å². The summed E-state index contributed by atoms with van der Waals surface area (Å²) >= 11 is 13.6. The molecule has 3 amide bonds. The van der Waals surface area contributed by atoms with Crippen LogP contribution in [0.1, 0.15) is 29.4 Å². The zero-order valence-corrected chi connectivity index (χ0v) is 27.4. The highest BCUT2D eigenvalue weighted by Gasteiger charge is 2.41. The monoisotopic (exact) mass is 680 g/mol. The number of hydrogen-bond donors (Lipinski definition) is 1. The minimum atomic E-state index is -4.09. The minimum absolute atomic E-state index is 0.0111. The van der Waals surface area contributed by atoms with Crippen molar-refractivity contribution in [3.8, 4) is 0 Å². The second-order valence-corrected chi connectivity index (χ2v) is 14.8. The largest absolute Gasteiger partial charge is 0.378 e. The SMILES string of the molecule is CC(CCNC(=O)c1cc2ccccc2s1)CC(=O)N1CCN(C(=O)C2COCCN2S(=O)(=O)c2ccc(Cl)cc2Cl)CC1. The molecule has 5 rings (SSSR count). The van der Waals surface area contributed by atoms with Gasteiger partial charge in [0.15, 0.2) is 0 Å². The summed E-state index contributed by atoms with van der Waals surface area (Å²) in [5.74, 6) is -0.435. The second-order valence-electron chi connectivity index (χ2n) is 11.0. The van der Waals surface area contributed by atoms with Crippen molar-refractivity contribution in [1.82, 2.24) is 19.4 Å². The summed E-state index contributed by atoms with van der Waals surface area (Å²) in [6.07, 6.45) is 0.988. The number of nitrogens with one attached hydrogen (secondary N) is 1. The van der Waals surface area contributed by atoms with Gasteiger partial charge in [0.2, 0.25) is 21.8 Å². The lowest BCUT2D eigenvalue weighted by atomic mass is 10.0. The number of morpholine rings is 1. The molecule has 14 heteroatoms. The minimum Gasteiger partial charge on any atom is -0.378 e. The Kier molecular flexibility index (Phi) is 10.5. The average Bonchev–Trinajstić information content (AvgIpc) is 3.45. The van der Waals surface area contributed by atoms with Crippen LogP contribution < -0.4 is 5.32 Å². The Morgan fingerprint density at radius 1 is 1.02 bits per heavy atom. The van der Waals surface area contributed by atoms with Crippen LogP contribution in [0.2, 0.25) is 10.0 Å². The summed E-state index contributed by atoms with van der Waals surface area (Å²) in [6, 6.07) is 12.8. The van der Waals surface area contributed by atoms with Gasteiger partial charge in [-0.3, -0.25) is 14.4 Å².